The van der Waals surface area contributed by atoms with E-state index in [4.69, 9.17) is 9.26 Å². The van der Waals surface area contributed by atoms with Gasteiger partial charge in [0.1, 0.15) is 23.8 Å². The number of carbonyl (C=O) groups excluding carboxylic acids is 1. The summed E-state index contributed by atoms with van der Waals surface area (Å²) in [4.78, 5) is 17.1. The number of ether oxygens (including phenoxy) is 1. The first kappa shape index (κ1) is 21.8. The molecular weight excluding hydrogens is 479 g/mol. The molecule has 0 fully saturated rings. The lowest BCUT2D eigenvalue weighted by Gasteiger charge is -2.16. The van der Waals surface area contributed by atoms with Crippen molar-refractivity contribution in [1.29, 1.82) is 0 Å². The average molecular weight is 499 g/mol. The second kappa shape index (κ2) is 9.35. The number of hydrogen-bond donors (Lipinski definition) is 1. The summed E-state index contributed by atoms with van der Waals surface area (Å²) in [6, 6.07) is 15.4. The van der Waals surface area contributed by atoms with Crippen LogP contribution in [-0.4, -0.2) is 27.7 Å². The van der Waals surface area contributed by atoms with Gasteiger partial charge in [-0.05, 0) is 70.9 Å². The molecule has 7 nitrogen and oxygen atoms in total. The molecule has 32 heavy (non-hydrogen) atoms. The summed E-state index contributed by atoms with van der Waals surface area (Å²) in [5, 5.41) is 6.97. The maximum atomic E-state index is 13.5. The SMILES string of the molecule is COc1cccc([C@H](C)NC(=O)Cn2cccc2-c2nc(-c3ccc(F)c(Br)c3)no2)c1. The fourth-order valence-electron chi connectivity index (χ4n) is 3.26. The van der Waals surface area contributed by atoms with Crippen molar-refractivity contribution in [2.75, 3.05) is 7.11 Å². The minimum absolute atomic E-state index is 0.0798. The lowest BCUT2D eigenvalue weighted by Crippen LogP contribution is -2.30. The van der Waals surface area contributed by atoms with Crippen molar-refractivity contribution in [3.63, 3.8) is 0 Å². The molecule has 2 heterocycles. The van der Waals surface area contributed by atoms with E-state index in [1.54, 1.807) is 42.1 Å². The van der Waals surface area contributed by atoms with E-state index >= 15 is 0 Å². The average Bonchev–Trinajstić information content (AvgIpc) is 3.45. The molecule has 0 aliphatic heterocycles. The molecule has 0 saturated carbocycles. The predicted octanol–water partition coefficient (Wildman–Crippen LogP) is 4.99. The van der Waals surface area contributed by atoms with Gasteiger partial charge in [0.15, 0.2) is 0 Å². The lowest BCUT2D eigenvalue weighted by atomic mass is 10.1. The fourth-order valence-corrected chi connectivity index (χ4v) is 3.64. The molecule has 0 unspecified atom stereocenters. The summed E-state index contributed by atoms with van der Waals surface area (Å²) in [6.07, 6.45) is 1.77. The van der Waals surface area contributed by atoms with Crippen molar-refractivity contribution in [3.8, 4) is 28.7 Å². The normalized spacial score (nSPS) is 11.9. The van der Waals surface area contributed by atoms with Crippen LogP contribution in [0.4, 0.5) is 4.39 Å². The molecule has 4 aromatic rings. The highest BCUT2D eigenvalue weighted by molar-refractivity contribution is 9.10. The van der Waals surface area contributed by atoms with Gasteiger partial charge in [0, 0.05) is 11.8 Å². The van der Waals surface area contributed by atoms with Crippen LogP contribution < -0.4 is 10.1 Å². The molecule has 164 valence electrons. The van der Waals surface area contributed by atoms with Crippen LogP contribution in [0.2, 0.25) is 0 Å². The van der Waals surface area contributed by atoms with E-state index in [1.165, 1.54) is 6.07 Å². The topological polar surface area (TPSA) is 82.2 Å². The van der Waals surface area contributed by atoms with Gasteiger partial charge in [0.2, 0.25) is 11.7 Å². The van der Waals surface area contributed by atoms with Crippen molar-refractivity contribution >= 4 is 21.8 Å². The van der Waals surface area contributed by atoms with Gasteiger partial charge in [-0.15, -0.1) is 0 Å². The maximum absolute atomic E-state index is 13.5. The van der Waals surface area contributed by atoms with Crippen LogP contribution >= 0.6 is 15.9 Å². The second-order valence-corrected chi connectivity index (χ2v) is 7.99. The van der Waals surface area contributed by atoms with Crippen LogP contribution in [0.15, 0.2) is 69.8 Å². The van der Waals surface area contributed by atoms with Crippen LogP contribution in [0.3, 0.4) is 0 Å². The second-order valence-electron chi connectivity index (χ2n) is 7.14. The first-order valence-corrected chi connectivity index (χ1v) is 10.6. The highest BCUT2D eigenvalue weighted by atomic mass is 79.9. The number of methoxy groups -OCH3 is 1. The Morgan fingerprint density at radius 3 is 2.88 bits per heavy atom. The smallest absolute Gasteiger partial charge is 0.274 e. The van der Waals surface area contributed by atoms with Crippen LogP contribution in [0.1, 0.15) is 18.5 Å². The Labute approximate surface area is 192 Å². The Bertz CT molecular complexity index is 1250. The van der Waals surface area contributed by atoms with Gasteiger partial charge in [-0.2, -0.15) is 4.98 Å². The number of halogens is 2. The molecule has 9 heteroatoms. The predicted molar refractivity (Wildman–Crippen MR) is 120 cm³/mol. The molecule has 2 aromatic heterocycles. The Hall–Kier alpha value is -3.46. The van der Waals surface area contributed by atoms with Crippen molar-refractivity contribution in [1.82, 2.24) is 20.0 Å². The van der Waals surface area contributed by atoms with E-state index in [1.807, 2.05) is 31.2 Å². The van der Waals surface area contributed by atoms with Crippen LogP contribution in [-0.2, 0) is 11.3 Å². The molecule has 0 aliphatic carbocycles. The standard InChI is InChI=1S/C23H20BrFN4O3/c1-14(15-5-3-6-17(11-15)31-2)26-21(30)13-29-10-4-7-20(29)23-27-22(28-32-23)16-8-9-19(25)18(24)12-16/h3-12,14H,13H2,1-2H3,(H,26,30)/t14-/m0/s1. The first-order chi connectivity index (χ1) is 15.4. The largest absolute Gasteiger partial charge is 0.497 e. The minimum atomic E-state index is -0.375. The Kier molecular flexibility index (Phi) is 6.36. The molecule has 1 amide bonds. The molecule has 0 radical (unpaired) electrons. The zero-order valence-electron chi connectivity index (χ0n) is 17.4. The third-order valence-corrected chi connectivity index (χ3v) is 5.55. The summed E-state index contributed by atoms with van der Waals surface area (Å²) >= 11 is 3.16. The number of aromatic nitrogens is 3. The number of rotatable bonds is 7. The Morgan fingerprint density at radius 2 is 2.09 bits per heavy atom. The van der Waals surface area contributed by atoms with E-state index < -0.39 is 0 Å². The van der Waals surface area contributed by atoms with E-state index in [-0.39, 0.29) is 30.2 Å². The Balaban J connectivity index is 1.47. The summed E-state index contributed by atoms with van der Waals surface area (Å²) in [7, 11) is 1.60. The van der Waals surface area contributed by atoms with Crippen LogP contribution in [0.5, 0.6) is 5.75 Å². The fraction of sp³-hybridized carbons (Fsp3) is 0.174. The van der Waals surface area contributed by atoms with E-state index in [0.717, 1.165) is 11.3 Å². The third-order valence-electron chi connectivity index (χ3n) is 4.94. The highest BCUT2D eigenvalue weighted by Gasteiger charge is 2.17. The van der Waals surface area contributed by atoms with Crippen molar-refractivity contribution in [2.45, 2.75) is 19.5 Å². The number of nitrogens with one attached hydrogen (secondary N) is 1. The number of carbonyl (C=O) groups is 1. The quantitative estimate of drug-likeness (QED) is 0.388. The van der Waals surface area contributed by atoms with Gasteiger partial charge >= 0.3 is 0 Å². The number of benzene rings is 2. The number of nitrogens with zero attached hydrogens (tertiary/aromatic N) is 3. The highest BCUT2D eigenvalue weighted by Crippen LogP contribution is 2.26. The van der Waals surface area contributed by atoms with Gasteiger partial charge in [0.05, 0.1) is 17.6 Å². The molecule has 0 spiro atoms. The Morgan fingerprint density at radius 1 is 1.25 bits per heavy atom. The zero-order valence-corrected chi connectivity index (χ0v) is 19.0. The maximum Gasteiger partial charge on any atom is 0.274 e. The van der Waals surface area contributed by atoms with Crippen LogP contribution in [0, 0.1) is 5.82 Å². The summed E-state index contributed by atoms with van der Waals surface area (Å²) in [5.41, 5.74) is 2.16. The molecule has 1 N–H and O–H groups in total. The summed E-state index contributed by atoms with van der Waals surface area (Å²) in [6.45, 7) is 1.99. The molecule has 2 aromatic carbocycles. The van der Waals surface area contributed by atoms with E-state index in [0.29, 0.717) is 21.6 Å². The molecule has 0 saturated heterocycles. The van der Waals surface area contributed by atoms with Gasteiger partial charge in [0.25, 0.3) is 5.89 Å². The van der Waals surface area contributed by atoms with Gasteiger partial charge in [-0.3, -0.25) is 4.79 Å². The van der Waals surface area contributed by atoms with Crippen molar-refractivity contribution in [2.24, 2.45) is 0 Å². The summed E-state index contributed by atoms with van der Waals surface area (Å²) < 4.78 is 26.2. The lowest BCUT2D eigenvalue weighted by molar-refractivity contribution is -0.122. The van der Waals surface area contributed by atoms with Gasteiger partial charge in [-0.25, -0.2) is 4.39 Å². The van der Waals surface area contributed by atoms with Crippen LogP contribution in [0.25, 0.3) is 23.0 Å². The summed E-state index contributed by atoms with van der Waals surface area (Å²) in [5.74, 6) is 0.779. The van der Waals surface area contributed by atoms with Gasteiger partial charge < -0.3 is 19.1 Å². The van der Waals surface area contributed by atoms with Crippen molar-refractivity contribution in [3.05, 3.63) is 76.6 Å². The van der Waals surface area contributed by atoms with E-state index in [2.05, 4.69) is 31.4 Å². The van der Waals surface area contributed by atoms with Gasteiger partial charge in [-0.1, -0.05) is 17.3 Å². The molecule has 1 atom stereocenters. The first-order valence-electron chi connectivity index (χ1n) is 9.82. The van der Waals surface area contributed by atoms with Crippen molar-refractivity contribution < 1.29 is 18.4 Å². The van der Waals surface area contributed by atoms with E-state index in [9.17, 15) is 9.18 Å². The molecule has 0 bridgehead atoms. The molecule has 4 rings (SSSR count). The third kappa shape index (κ3) is 4.72. The number of amides is 1. The minimum Gasteiger partial charge on any atom is -0.497 e. The molecular formula is C23H20BrFN4O3. The zero-order chi connectivity index (χ0) is 22.7. The molecule has 0 aliphatic rings. The number of hydrogen-bond acceptors (Lipinski definition) is 5. The monoisotopic (exact) mass is 498 g/mol.